The first-order chi connectivity index (χ1) is 7.22. The van der Waals surface area contributed by atoms with Crippen LogP contribution in [0.1, 0.15) is 23.1 Å². The van der Waals surface area contributed by atoms with Crippen molar-refractivity contribution in [3.8, 4) is 0 Å². The second-order valence-electron chi connectivity index (χ2n) is 3.52. The molecule has 1 aromatic heterocycles. The van der Waals surface area contributed by atoms with Gasteiger partial charge in [0, 0.05) is 12.5 Å². The van der Waals surface area contributed by atoms with E-state index in [1.165, 1.54) is 11.0 Å². The van der Waals surface area contributed by atoms with Crippen LogP contribution >= 0.6 is 0 Å². The van der Waals surface area contributed by atoms with E-state index in [2.05, 4.69) is 10.1 Å². The zero-order chi connectivity index (χ0) is 10.8. The number of amides is 1. The number of carbonyl (C=O) groups excluding carboxylic acids is 1. The Morgan fingerprint density at radius 3 is 3.07 bits per heavy atom. The van der Waals surface area contributed by atoms with Crippen molar-refractivity contribution in [1.29, 1.82) is 0 Å². The molecular weight excluding hydrogens is 196 g/mol. The third-order valence-electron chi connectivity index (χ3n) is 2.49. The Morgan fingerprint density at radius 1 is 1.67 bits per heavy atom. The van der Waals surface area contributed by atoms with Crippen molar-refractivity contribution >= 4 is 5.91 Å². The standard InChI is InChI=1S/C9H12N4O2/c10-8(15)9-11-5-12-13(9)7-2-1-6(3-7)4-14/h1-2,5-7,14H,3-4H2,(H2,10,15)/t6-,7+/m1/s1. The molecule has 1 aromatic rings. The van der Waals surface area contributed by atoms with Crippen LogP contribution in [-0.4, -0.2) is 32.4 Å². The van der Waals surface area contributed by atoms with Crippen molar-refractivity contribution in [1.82, 2.24) is 14.8 Å². The summed E-state index contributed by atoms with van der Waals surface area (Å²) in [4.78, 5) is 14.8. The van der Waals surface area contributed by atoms with Gasteiger partial charge >= 0.3 is 0 Å². The smallest absolute Gasteiger partial charge is 0.286 e. The molecule has 2 rings (SSSR count). The lowest BCUT2D eigenvalue weighted by atomic mass is 10.1. The van der Waals surface area contributed by atoms with Crippen LogP contribution in [0.25, 0.3) is 0 Å². The molecule has 0 saturated carbocycles. The van der Waals surface area contributed by atoms with Crippen molar-refractivity contribution in [3.63, 3.8) is 0 Å². The molecule has 0 unspecified atom stereocenters. The molecule has 1 aliphatic carbocycles. The van der Waals surface area contributed by atoms with Crippen molar-refractivity contribution in [3.05, 3.63) is 24.3 Å². The van der Waals surface area contributed by atoms with Gasteiger partial charge in [-0.05, 0) is 6.42 Å². The SMILES string of the molecule is NC(=O)c1ncnn1[C@H]1C=C[C@@H](CO)C1. The Labute approximate surface area is 86.4 Å². The summed E-state index contributed by atoms with van der Waals surface area (Å²) in [5.41, 5.74) is 5.16. The van der Waals surface area contributed by atoms with E-state index in [1.54, 1.807) is 0 Å². The molecule has 6 nitrogen and oxygen atoms in total. The van der Waals surface area contributed by atoms with Crippen LogP contribution in [0.3, 0.4) is 0 Å². The average Bonchev–Trinajstić information content (AvgIpc) is 2.85. The van der Waals surface area contributed by atoms with Crippen LogP contribution in [0.15, 0.2) is 18.5 Å². The maximum Gasteiger partial charge on any atom is 0.286 e. The van der Waals surface area contributed by atoms with Crippen molar-refractivity contribution in [2.24, 2.45) is 11.7 Å². The van der Waals surface area contributed by atoms with Crippen LogP contribution in [0.2, 0.25) is 0 Å². The first-order valence-electron chi connectivity index (χ1n) is 4.71. The Morgan fingerprint density at radius 2 is 2.47 bits per heavy atom. The number of hydrogen-bond acceptors (Lipinski definition) is 4. The molecule has 6 heteroatoms. The monoisotopic (exact) mass is 208 g/mol. The highest BCUT2D eigenvalue weighted by atomic mass is 16.3. The van der Waals surface area contributed by atoms with Gasteiger partial charge in [0.1, 0.15) is 6.33 Å². The van der Waals surface area contributed by atoms with E-state index in [9.17, 15) is 4.79 Å². The van der Waals surface area contributed by atoms with Gasteiger partial charge in [0.25, 0.3) is 5.91 Å². The lowest BCUT2D eigenvalue weighted by molar-refractivity contribution is 0.0983. The molecule has 15 heavy (non-hydrogen) atoms. The number of carbonyl (C=O) groups is 1. The molecule has 80 valence electrons. The van der Waals surface area contributed by atoms with E-state index in [1.807, 2.05) is 12.2 Å². The summed E-state index contributed by atoms with van der Waals surface area (Å²) in [6, 6.07) is -0.0350. The summed E-state index contributed by atoms with van der Waals surface area (Å²) < 4.78 is 1.49. The minimum absolute atomic E-state index is 0.0350. The second kappa shape index (κ2) is 3.82. The summed E-state index contributed by atoms with van der Waals surface area (Å²) >= 11 is 0. The number of aliphatic hydroxyl groups excluding tert-OH is 1. The fraction of sp³-hybridized carbons (Fsp3) is 0.444. The second-order valence-corrected chi connectivity index (χ2v) is 3.52. The first-order valence-corrected chi connectivity index (χ1v) is 4.71. The third kappa shape index (κ3) is 1.75. The number of hydrogen-bond donors (Lipinski definition) is 2. The molecule has 2 atom stereocenters. The van der Waals surface area contributed by atoms with Crippen molar-refractivity contribution in [2.45, 2.75) is 12.5 Å². The molecule has 0 aliphatic heterocycles. The topological polar surface area (TPSA) is 94.0 Å². The normalized spacial score (nSPS) is 24.6. The lowest BCUT2D eigenvalue weighted by Gasteiger charge is -2.11. The molecule has 3 N–H and O–H groups in total. The number of nitrogens with zero attached hydrogens (tertiary/aromatic N) is 3. The van der Waals surface area contributed by atoms with Gasteiger partial charge < -0.3 is 10.8 Å². The fourth-order valence-electron chi connectivity index (χ4n) is 1.74. The average molecular weight is 208 g/mol. The third-order valence-corrected chi connectivity index (χ3v) is 2.49. The first kappa shape index (κ1) is 9.85. The predicted molar refractivity (Wildman–Crippen MR) is 51.9 cm³/mol. The Balaban J connectivity index is 2.21. The van der Waals surface area contributed by atoms with Crippen LogP contribution in [-0.2, 0) is 0 Å². The van der Waals surface area contributed by atoms with Gasteiger partial charge in [0.2, 0.25) is 5.82 Å². The zero-order valence-electron chi connectivity index (χ0n) is 8.08. The van der Waals surface area contributed by atoms with Crippen molar-refractivity contribution < 1.29 is 9.90 Å². The highest BCUT2D eigenvalue weighted by Crippen LogP contribution is 2.27. The van der Waals surface area contributed by atoms with Crippen LogP contribution in [0, 0.1) is 5.92 Å². The van der Waals surface area contributed by atoms with Gasteiger partial charge in [-0.25, -0.2) is 9.67 Å². The van der Waals surface area contributed by atoms with Gasteiger partial charge in [-0.2, -0.15) is 5.10 Å². The quantitative estimate of drug-likeness (QED) is 0.654. The van der Waals surface area contributed by atoms with E-state index < -0.39 is 5.91 Å². The summed E-state index contributed by atoms with van der Waals surface area (Å²) in [6.45, 7) is 0.105. The fourth-order valence-corrected chi connectivity index (χ4v) is 1.74. The van der Waals surface area contributed by atoms with Crippen LogP contribution in [0.4, 0.5) is 0 Å². The molecule has 1 amide bonds. The highest BCUT2D eigenvalue weighted by Gasteiger charge is 2.23. The summed E-state index contributed by atoms with van der Waals surface area (Å²) in [7, 11) is 0. The van der Waals surface area contributed by atoms with Crippen molar-refractivity contribution in [2.75, 3.05) is 6.61 Å². The summed E-state index contributed by atoms with van der Waals surface area (Å²) in [5, 5.41) is 12.9. The van der Waals surface area contributed by atoms with Gasteiger partial charge in [0.15, 0.2) is 0 Å². The molecular formula is C9H12N4O2. The number of primary amides is 1. The number of aliphatic hydroxyl groups is 1. The van der Waals surface area contributed by atoms with Crippen LogP contribution < -0.4 is 5.73 Å². The number of rotatable bonds is 3. The van der Waals surface area contributed by atoms with E-state index in [4.69, 9.17) is 10.8 Å². The Kier molecular flexibility index (Phi) is 2.51. The van der Waals surface area contributed by atoms with E-state index in [0.717, 1.165) is 6.42 Å². The molecule has 1 aliphatic rings. The molecule has 0 saturated heterocycles. The van der Waals surface area contributed by atoms with E-state index in [-0.39, 0.29) is 24.4 Å². The van der Waals surface area contributed by atoms with Gasteiger partial charge in [0.05, 0.1) is 6.04 Å². The van der Waals surface area contributed by atoms with Gasteiger partial charge in [-0.3, -0.25) is 4.79 Å². The zero-order valence-corrected chi connectivity index (χ0v) is 8.08. The predicted octanol–water partition coefficient (Wildman–Crippen LogP) is -0.514. The van der Waals surface area contributed by atoms with Crippen LogP contribution in [0.5, 0.6) is 0 Å². The molecule has 0 bridgehead atoms. The number of nitrogens with two attached hydrogens (primary N) is 1. The van der Waals surface area contributed by atoms with Gasteiger partial charge in [-0.15, -0.1) is 0 Å². The largest absolute Gasteiger partial charge is 0.396 e. The Hall–Kier alpha value is -1.69. The van der Waals surface area contributed by atoms with E-state index in [0.29, 0.717) is 0 Å². The summed E-state index contributed by atoms with van der Waals surface area (Å²) in [6.07, 6.45) is 5.85. The number of aromatic nitrogens is 3. The van der Waals surface area contributed by atoms with E-state index >= 15 is 0 Å². The summed E-state index contributed by atoms with van der Waals surface area (Å²) in [5.74, 6) is -0.309. The maximum absolute atomic E-state index is 11.0. The molecule has 1 heterocycles. The van der Waals surface area contributed by atoms with Gasteiger partial charge in [-0.1, -0.05) is 12.2 Å². The minimum atomic E-state index is -0.589. The lowest BCUT2D eigenvalue weighted by Crippen LogP contribution is -2.21. The minimum Gasteiger partial charge on any atom is -0.396 e. The maximum atomic E-state index is 11.0. The highest BCUT2D eigenvalue weighted by molar-refractivity contribution is 5.88. The molecule has 0 fully saturated rings. The molecule has 0 aromatic carbocycles. The molecule has 0 radical (unpaired) electrons. The molecule has 0 spiro atoms. The Bertz CT molecular complexity index is 399. The number of allylic oxidation sites excluding steroid dienone is 1.